The number of aryl methyl sites for hydroxylation is 1. The molecule has 1 aliphatic carbocycles. The van der Waals surface area contributed by atoms with Gasteiger partial charge in [-0.1, -0.05) is 0 Å². The van der Waals surface area contributed by atoms with Gasteiger partial charge in [-0.3, -0.25) is 4.79 Å². The van der Waals surface area contributed by atoms with Crippen LogP contribution in [-0.4, -0.2) is 73.3 Å². The zero-order valence-corrected chi connectivity index (χ0v) is 17.3. The summed E-state index contributed by atoms with van der Waals surface area (Å²) in [7, 11) is 5.28. The standard InChI is InChI=1S/C20H33N5O2/c1-13-14(2)21-18(20(26)24(3)4)23-19(13)25-11-10-16(12-25)22-15-6-8-17(27-5)9-7-15/h15-17,22H,6-12H2,1-5H3/t15?,16-,17?/m1/s1. The smallest absolute Gasteiger partial charge is 0.291 e. The number of hydrogen-bond acceptors (Lipinski definition) is 6. The Hall–Kier alpha value is -1.73. The van der Waals surface area contributed by atoms with Crippen LogP contribution in [0.4, 0.5) is 5.82 Å². The average Bonchev–Trinajstić information content (AvgIpc) is 3.12. The van der Waals surface area contributed by atoms with Crippen molar-refractivity contribution in [3.63, 3.8) is 0 Å². The van der Waals surface area contributed by atoms with Crippen LogP contribution in [0.15, 0.2) is 0 Å². The van der Waals surface area contributed by atoms with Crippen LogP contribution >= 0.6 is 0 Å². The van der Waals surface area contributed by atoms with Gasteiger partial charge >= 0.3 is 0 Å². The van der Waals surface area contributed by atoms with Crippen molar-refractivity contribution in [3.05, 3.63) is 17.1 Å². The summed E-state index contributed by atoms with van der Waals surface area (Å²) in [5.74, 6) is 1.04. The molecule has 0 bridgehead atoms. The molecule has 1 saturated carbocycles. The molecule has 0 radical (unpaired) electrons. The van der Waals surface area contributed by atoms with E-state index in [1.807, 2.05) is 21.0 Å². The Balaban J connectivity index is 1.65. The fourth-order valence-corrected chi connectivity index (χ4v) is 4.10. The Morgan fingerprint density at radius 2 is 1.81 bits per heavy atom. The highest BCUT2D eigenvalue weighted by atomic mass is 16.5. The first-order valence-corrected chi connectivity index (χ1v) is 9.99. The van der Waals surface area contributed by atoms with Crippen molar-refractivity contribution in [1.82, 2.24) is 20.2 Å². The summed E-state index contributed by atoms with van der Waals surface area (Å²) in [6.07, 6.45) is 6.19. The molecular weight excluding hydrogens is 342 g/mol. The lowest BCUT2D eigenvalue weighted by atomic mass is 9.92. The molecule has 1 atom stereocenters. The van der Waals surface area contributed by atoms with Crippen LogP contribution in [0.25, 0.3) is 0 Å². The molecule has 7 heteroatoms. The van der Waals surface area contributed by atoms with Crippen molar-refractivity contribution in [2.24, 2.45) is 0 Å². The summed E-state index contributed by atoms with van der Waals surface area (Å²) in [5.41, 5.74) is 1.94. The van der Waals surface area contributed by atoms with Crippen LogP contribution in [0.3, 0.4) is 0 Å². The van der Waals surface area contributed by atoms with Gasteiger partial charge in [0.05, 0.1) is 6.10 Å². The quantitative estimate of drug-likeness (QED) is 0.848. The molecule has 2 aliphatic rings. The van der Waals surface area contributed by atoms with Crippen LogP contribution in [-0.2, 0) is 4.74 Å². The fraction of sp³-hybridized carbons (Fsp3) is 0.750. The number of methoxy groups -OCH3 is 1. The molecule has 1 aliphatic heterocycles. The maximum absolute atomic E-state index is 12.3. The van der Waals surface area contributed by atoms with Crippen molar-refractivity contribution < 1.29 is 9.53 Å². The van der Waals surface area contributed by atoms with Crippen LogP contribution in [0, 0.1) is 13.8 Å². The van der Waals surface area contributed by atoms with E-state index in [9.17, 15) is 4.79 Å². The van der Waals surface area contributed by atoms with E-state index in [1.165, 1.54) is 17.7 Å². The van der Waals surface area contributed by atoms with Crippen LogP contribution < -0.4 is 10.2 Å². The molecule has 1 aromatic heterocycles. The average molecular weight is 376 g/mol. The predicted molar refractivity (Wildman–Crippen MR) is 106 cm³/mol. The normalized spacial score (nSPS) is 25.7. The number of nitrogens with one attached hydrogen (secondary N) is 1. The molecule has 3 rings (SSSR count). The van der Waals surface area contributed by atoms with Crippen molar-refractivity contribution in [2.75, 3.05) is 39.2 Å². The topological polar surface area (TPSA) is 70.6 Å². The molecule has 1 N–H and O–H groups in total. The van der Waals surface area contributed by atoms with E-state index >= 15 is 0 Å². The minimum Gasteiger partial charge on any atom is -0.381 e. The minimum atomic E-state index is -0.150. The van der Waals surface area contributed by atoms with E-state index < -0.39 is 0 Å². The minimum absolute atomic E-state index is 0.150. The number of anilines is 1. The first-order chi connectivity index (χ1) is 12.9. The molecule has 0 aromatic carbocycles. The number of ether oxygens (including phenoxy) is 1. The highest BCUT2D eigenvalue weighted by molar-refractivity contribution is 5.90. The zero-order chi connectivity index (χ0) is 19.6. The third kappa shape index (κ3) is 4.58. The van der Waals surface area contributed by atoms with Gasteiger partial charge in [0, 0.05) is 57.6 Å². The van der Waals surface area contributed by atoms with Gasteiger partial charge in [0.2, 0.25) is 5.82 Å². The van der Waals surface area contributed by atoms with Crippen molar-refractivity contribution in [1.29, 1.82) is 0 Å². The lowest BCUT2D eigenvalue weighted by Crippen LogP contribution is -2.43. The Morgan fingerprint density at radius 3 is 2.44 bits per heavy atom. The number of hydrogen-bond donors (Lipinski definition) is 1. The number of carbonyl (C=O) groups excluding carboxylic acids is 1. The monoisotopic (exact) mass is 375 g/mol. The maximum atomic E-state index is 12.3. The van der Waals surface area contributed by atoms with E-state index in [1.54, 1.807) is 14.1 Å². The first kappa shape index (κ1) is 20.0. The summed E-state index contributed by atoms with van der Waals surface area (Å²) in [5, 5.41) is 3.84. The van der Waals surface area contributed by atoms with Crippen molar-refractivity contribution in [3.8, 4) is 0 Å². The van der Waals surface area contributed by atoms with Gasteiger partial charge in [0.1, 0.15) is 5.82 Å². The number of nitrogens with zero attached hydrogens (tertiary/aromatic N) is 4. The van der Waals surface area contributed by atoms with Gasteiger partial charge < -0.3 is 19.9 Å². The summed E-state index contributed by atoms with van der Waals surface area (Å²) in [4.78, 5) is 25.2. The second-order valence-corrected chi connectivity index (χ2v) is 8.09. The number of aromatic nitrogens is 2. The highest BCUT2D eigenvalue weighted by Crippen LogP contribution is 2.26. The van der Waals surface area contributed by atoms with Gasteiger partial charge in [-0.05, 0) is 46.0 Å². The number of amides is 1. The molecule has 1 aromatic rings. The van der Waals surface area contributed by atoms with Crippen molar-refractivity contribution >= 4 is 11.7 Å². The Kier molecular flexibility index (Phi) is 6.32. The summed E-state index contributed by atoms with van der Waals surface area (Å²) in [6, 6.07) is 1.05. The highest BCUT2D eigenvalue weighted by Gasteiger charge is 2.29. The SMILES string of the molecule is COC1CCC(N[C@@H]2CCN(c3nc(C(=O)N(C)C)nc(C)c3C)C2)CC1. The van der Waals surface area contributed by atoms with E-state index in [2.05, 4.69) is 20.2 Å². The van der Waals surface area contributed by atoms with Gasteiger partial charge in [-0.25, -0.2) is 9.97 Å². The Bertz CT molecular complexity index is 671. The number of rotatable bonds is 5. The Morgan fingerprint density at radius 1 is 1.11 bits per heavy atom. The van der Waals surface area contributed by atoms with Crippen LogP contribution in [0.2, 0.25) is 0 Å². The molecule has 1 saturated heterocycles. The van der Waals surface area contributed by atoms with Gasteiger partial charge in [-0.2, -0.15) is 0 Å². The predicted octanol–water partition coefficient (Wildman–Crippen LogP) is 1.92. The second-order valence-electron chi connectivity index (χ2n) is 8.09. The number of carbonyl (C=O) groups is 1. The van der Waals surface area contributed by atoms with Gasteiger partial charge in [-0.15, -0.1) is 0 Å². The molecule has 150 valence electrons. The second kappa shape index (κ2) is 8.52. The van der Waals surface area contributed by atoms with Crippen LogP contribution in [0.5, 0.6) is 0 Å². The lowest BCUT2D eigenvalue weighted by molar-refractivity contribution is 0.0614. The summed E-state index contributed by atoms with van der Waals surface area (Å²) >= 11 is 0. The fourth-order valence-electron chi connectivity index (χ4n) is 4.10. The molecule has 7 nitrogen and oxygen atoms in total. The first-order valence-electron chi connectivity index (χ1n) is 9.99. The zero-order valence-electron chi connectivity index (χ0n) is 17.3. The van der Waals surface area contributed by atoms with Gasteiger partial charge in [0.15, 0.2) is 0 Å². The van der Waals surface area contributed by atoms with E-state index in [-0.39, 0.29) is 11.7 Å². The molecule has 2 heterocycles. The summed E-state index contributed by atoms with van der Waals surface area (Å²) < 4.78 is 5.47. The van der Waals surface area contributed by atoms with Gasteiger partial charge in [0.25, 0.3) is 5.91 Å². The molecular formula is C20H33N5O2. The van der Waals surface area contributed by atoms with E-state index in [4.69, 9.17) is 4.74 Å². The van der Waals surface area contributed by atoms with Crippen molar-refractivity contribution in [2.45, 2.75) is 64.1 Å². The molecule has 2 fully saturated rings. The van der Waals surface area contributed by atoms with Crippen LogP contribution in [0.1, 0.15) is 54.0 Å². The summed E-state index contributed by atoms with van der Waals surface area (Å²) in [6.45, 7) is 5.88. The maximum Gasteiger partial charge on any atom is 0.291 e. The lowest BCUT2D eigenvalue weighted by Gasteiger charge is -2.30. The third-order valence-corrected chi connectivity index (χ3v) is 5.93. The molecule has 0 spiro atoms. The van der Waals surface area contributed by atoms with E-state index in [0.717, 1.165) is 49.4 Å². The Labute approximate surface area is 162 Å². The van der Waals surface area contributed by atoms with E-state index in [0.29, 0.717) is 18.2 Å². The third-order valence-electron chi connectivity index (χ3n) is 5.93. The molecule has 1 amide bonds. The molecule has 0 unspecified atom stereocenters. The molecule has 27 heavy (non-hydrogen) atoms. The largest absolute Gasteiger partial charge is 0.381 e.